The molecule has 0 aliphatic heterocycles. The molecule has 0 radical (unpaired) electrons. The van der Waals surface area contributed by atoms with Gasteiger partial charge in [-0.1, -0.05) is 11.2 Å². The molecule has 1 heterocycles. The first-order valence-corrected chi connectivity index (χ1v) is 5.43. The number of hydrogen-bond acceptors (Lipinski definition) is 5. The summed E-state index contributed by atoms with van der Waals surface area (Å²) in [6, 6.07) is 6.12. The van der Waals surface area contributed by atoms with E-state index in [4.69, 9.17) is 10.3 Å². The molecule has 17 heavy (non-hydrogen) atoms. The number of aryl methyl sites for hydroxylation is 1. The van der Waals surface area contributed by atoms with Gasteiger partial charge in [0.15, 0.2) is 0 Å². The fourth-order valence-electron chi connectivity index (χ4n) is 1.65. The van der Waals surface area contributed by atoms with Gasteiger partial charge < -0.3 is 15.2 Å². The van der Waals surface area contributed by atoms with E-state index in [0.29, 0.717) is 11.7 Å². The van der Waals surface area contributed by atoms with Crippen LogP contribution in [-0.2, 0) is 6.54 Å². The second kappa shape index (κ2) is 4.55. The number of nitrogens with zero attached hydrogens (tertiary/aromatic N) is 3. The van der Waals surface area contributed by atoms with Crippen molar-refractivity contribution in [2.45, 2.75) is 13.5 Å². The van der Waals surface area contributed by atoms with Crippen LogP contribution >= 0.6 is 0 Å². The van der Waals surface area contributed by atoms with Crippen molar-refractivity contribution in [1.82, 2.24) is 10.1 Å². The molecule has 0 unspecified atom stereocenters. The summed E-state index contributed by atoms with van der Waals surface area (Å²) in [7, 11) is 3.98. The number of aromatic nitrogens is 2. The Kier molecular flexibility index (Phi) is 3.10. The van der Waals surface area contributed by atoms with Crippen molar-refractivity contribution in [2.75, 3.05) is 19.0 Å². The van der Waals surface area contributed by atoms with Crippen LogP contribution in [0.25, 0.3) is 11.4 Å². The van der Waals surface area contributed by atoms with E-state index in [0.717, 1.165) is 11.3 Å². The summed E-state index contributed by atoms with van der Waals surface area (Å²) in [5, 5.41) is 3.94. The first-order valence-electron chi connectivity index (χ1n) is 5.43. The summed E-state index contributed by atoms with van der Waals surface area (Å²) >= 11 is 0. The molecule has 90 valence electrons. The van der Waals surface area contributed by atoms with Crippen molar-refractivity contribution < 1.29 is 4.52 Å². The Morgan fingerprint density at radius 2 is 2.12 bits per heavy atom. The van der Waals surface area contributed by atoms with Crippen molar-refractivity contribution in [3.63, 3.8) is 0 Å². The highest BCUT2D eigenvalue weighted by atomic mass is 16.5. The number of benzene rings is 1. The molecule has 1 aromatic heterocycles. The summed E-state index contributed by atoms with van der Waals surface area (Å²) in [5.41, 5.74) is 8.66. The molecule has 1 aromatic carbocycles. The van der Waals surface area contributed by atoms with Gasteiger partial charge in [0.1, 0.15) is 0 Å². The van der Waals surface area contributed by atoms with Crippen LogP contribution in [0, 0.1) is 6.92 Å². The Balaban J connectivity index is 2.50. The summed E-state index contributed by atoms with van der Waals surface area (Å²) < 4.78 is 5.03. The lowest BCUT2D eigenvalue weighted by molar-refractivity contribution is 0.380. The zero-order chi connectivity index (χ0) is 12.4. The standard InChI is InChI=1S/C12H16N4O/c1-8-4-5-9(10(6-8)16(2)3)12-14-11(7-13)17-15-12/h4-6H,7,13H2,1-3H3. The van der Waals surface area contributed by atoms with Crippen LogP contribution in [0.1, 0.15) is 11.5 Å². The van der Waals surface area contributed by atoms with Crippen LogP contribution in [-0.4, -0.2) is 24.2 Å². The topological polar surface area (TPSA) is 68.2 Å². The minimum Gasteiger partial charge on any atom is -0.377 e. The Bertz CT molecular complexity index is 519. The average molecular weight is 232 g/mol. The highest BCUT2D eigenvalue weighted by Gasteiger charge is 2.13. The van der Waals surface area contributed by atoms with Crippen LogP contribution in [0.5, 0.6) is 0 Å². The van der Waals surface area contributed by atoms with E-state index in [2.05, 4.69) is 23.1 Å². The third-order valence-corrected chi connectivity index (χ3v) is 2.52. The minimum atomic E-state index is 0.260. The zero-order valence-electron chi connectivity index (χ0n) is 10.3. The number of anilines is 1. The smallest absolute Gasteiger partial charge is 0.240 e. The van der Waals surface area contributed by atoms with Crippen molar-refractivity contribution in [2.24, 2.45) is 5.73 Å². The largest absolute Gasteiger partial charge is 0.377 e. The second-order valence-electron chi connectivity index (χ2n) is 4.13. The van der Waals surface area contributed by atoms with Crippen LogP contribution in [0.2, 0.25) is 0 Å². The SMILES string of the molecule is Cc1ccc(-c2noc(CN)n2)c(N(C)C)c1. The fourth-order valence-corrected chi connectivity index (χ4v) is 1.65. The third kappa shape index (κ3) is 2.29. The lowest BCUT2D eigenvalue weighted by Crippen LogP contribution is -2.10. The monoisotopic (exact) mass is 232 g/mol. The number of hydrogen-bond donors (Lipinski definition) is 1. The number of nitrogens with two attached hydrogens (primary N) is 1. The lowest BCUT2D eigenvalue weighted by Gasteiger charge is -2.16. The van der Waals surface area contributed by atoms with Crippen LogP contribution < -0.4 is 10.6 Å². The highest BCUT2D eigenvalue weighted by Crippen LogP contribution is 2.28. The molecule has 0 bridgehead atoms. The first-order chi connectivity index (χ1) is 8.11. The molecule has 5 heteroatoms. The highest BCUT2D eigenvalue weighted by molar-refractivity contribution is 5.74. The van der Waals surface area contributed by atoms with Gasteiger partial charge in [0.2, 0.25) is 11.7 Å². The molecule has 0 aliphatic carbocycles. The maximum atomic E-state index is 5.46. The molecule has 0 amide bonds. The Labute approximate surface area is 100 Å². The predicted molar refractivity (Wildman–Crippen MR) is 66.7 cm³/mol. The van der Waals surface area contributed by atoms with Crippen LogP contribution in [0.15, 0.2) is 22.7 Å². The first kappa shape index (κ1) is 11.6. The van der Waals surface area contributed by atoms with E-state index < -0.39 is 0 Å². The molecular formula is C12H16N4O. The quantitative estimate of drug-likeness (QED) is 0.870. The molecule has 0 atom stereocenters. The molecule has 0 fully saturated rings. The van der Waals surface area contributed by atoms with E-state index >= 15 is 0 Å². The zero-order valence-corrected chi connectivity index (χ0v) is 10.3. The lowest BCUT2D eigenvalue weighted by atomic mass is 10.1. The van der Waals surface area contributed by atoms with Crippen LogP contribution in [0.4, 0.5) is 5.69 Å². The molecular weight excluding hydrogens is 216 g/mol. The molecule has 0 saturated carbocycles. The van der Waals surface area contributed by atoms with E-state index in [1.807, 2.05) is 31.1 Å². The summed E-state index contributed by atoms with van der Waals surface area (Å²) in [6.45, 7) is 2.31. The summed E-state index contributed by atoms with van der Waals surface area (Å²) in [5.74, 6) is 1.03. The van der Waals surface area contributed by atoms with Crippen molar-refractivity contribution in [3.8, 4) is 11.4 Å². The Hall–Kier alpha value is -1.88. The maximum absolute atomic E-state index is 5.46. The molecule has 0 spiro atoms. The number of rotatable bonds is 3. The van der Waals surface area contributed by atoms with Gasteiger partial charge in [-0.25, -0.2) is 0 Å². The average Bonchev–Trinajstić information content (AvgIpc) is 2.77. The summed E-state index contributed by atoms with van der Waals surface area (Å²) in [4.78, 5) is 6.27. The molecule has 0 saturated heterocycles. The Morgan fingerprint density at radius 1 is 1.35 bits per heavy atom. The fraction of sp³-hybridized carbons (Fsp3) is 0.333. The van der Waals surface area contributed by atoms with E-state index in [1.165, 1.54) is 5.56 Å². The van der Waals surface area contributed by atoms with E-state index in [-0.39, 0.29) is 6.54 Å². The van der Waals surface area contributed by atoms with E-state index in [9.17, 15) is 0 Å². The van der Waals surface area contributed by atoms with Gasteiger partial charge in [0.25, 0.3) is 0 Å². The molecule has 5 nitrogen and oxygen atoms in total. The normalized spacial score (nSPS) is 10.6. The third-order valence-electron chi connectivity index (χ3n) is 2.52. The maximum Gasteiger partial charge on any atom is 0.240 e. The van der Waals surface area contributed by atoms with Gasteiger partial charge in [-0.05, 0) is 24.6 Å². The predicted octanol–water partition coefficient (Wildman–Crippen LogP) is 1.57. The Morgan fingerprint density at radius 3 is 2.71 bits per heavy atom. The molecule has 0 aliphatic rings. The minimum absolute atomic E-state index is 0.260. The van der Waals surface area contributed by atoms with Crippen molar-refractivity contribution in [3.05, 3.63) is 29.7 Å². The van der Waals surface area contributed by atoms with Gasteiger partial charge in [-0.3, -0.25) is 0 Å². The summed E-state index contributed by atoms with van der Waals surface area (Å²) in [6.07, 6.45) is 0. The van der Waals surface area contributed by atoms with Gasteiger partial charge in [-0.2, -0.15) is 4.98 Å². The van der Waals surface area contributed by atoms with Gasteiger partial charge >= 0.3 is 0 Å². The van der Waals surface area contributed by atoms with Gasteiger partial charge in [0.05, 0.1) is 6.54 Å². The van der Waals surface area contributed by atoms with Crippen molar-refractivity contribution in [1.29, 1.82) is 0 Å². The molecule has 2 aromatic rings. The van der Waals surface area contributed by atoms with Gasteiger partial charge in [0, 0.05) is 25.3 Å². The second-order valence-corrected chi connectivity index (χ2v) is 4.13. The van der Waals surface area contributed by atoms with Crippen LogP contribution in [0.3, 0.4) is 0 Å². The molecule has 2 rings (SSSR count). The van der Waals surface area contributed by atoms with Gasteiger partial charge in [-0.15, -0.1) is 0 Å². The molecule has 2 N–H and O–H groups in total. The van der Waals surface area contributed by atoms with E-state index in [1.54, 1.807) is 0 Å². The van der Waals surface area contributed by atoms with Crippen molar-refractivity contribution >= 4 is 5.69 Å².